The molecule has 37 heavy (non-hydrogen) atoms. The van der Waals surface area contributed by atoms with E-state index in [1.165, 1.54) is 6.07 Å². The Labute approximate surface area is 216 Å². The summed E-state index contributed by atoms with van der Waals surface area (Å²) in [6.07, 6.45) is 0.155. The second-order valence-electron chi connectivity index (χ2n) is 10.3. The molecule has 0 amide bonds. The minimum absolute atomic E-state index is 0.0552. The van der Waals surface area contributed by atoms with Crippen molar-refractivity contribution in [2.45, 2.75) is 52.6 Å². The van der Waals surface area contributed by atoms with Crippen molar-refractivity contribution in [2.24, 2.45) is 5.41 Å². The summed E-state index contributed by atoms with van der Waals surface area (Å²) in [7, 11) is 1.55. The van der Waals surface area contributed by atoms with E-state index >= 15 is 0 Å². The lowest BCUT2D eigenvalue weighted by atomic mass is 9.84. The van der Waals surface area contributed by atoms with Crippen LogP contribution in [0, 0.1) is 11.2 Å². The van der Waals surface area contributed by atoms with Crippen molar-refractivity contribution < 1.29 is 33.7 Å². The van der Waals surface area contributed by atoms with E-state index in [1.54, 1.807) is 43.5 Å². The fourth-order valence-corrected chi connectivity index (χ4v) is 4.31. The minimum atomic E-state index is -1.05. The van der Waals surface area contributed by atoms with Crippen LogP contribution in [0.2, 0.25) is 0 Å². The number of hydrogen-bond donors (Lipinski definition) is 2. The van der Waals surface area contributed by atoms with Crippen LogP contribution in [0.5, 0.6) is 11.5 Å². The van der Waals surface area contributed by atoms with Crippen LogP contribution in [0.15, 0.2) is 60.7 Å². The maximum absolute atomic E-state index is 14.8. The Balaban J connectivity index is 1.87. The number of benzene rings is 3. The largest absolute Gasteiger partial charge is 0.497 e. The molecule has 0 spiro atoms. The summed E-state index contributed by atoms with van der Waals surface area (Å²) in [5.41, 5.74) is 3.54. The molecule has 0 bridgehead atoms. The van der Waals surface area contributed by atoms with Gasteiger partial charge in [0, 0.05) is 11.5 Å². The Morgan fingerprint density at radius 3 is 2.19 bits per heavy atom. The Kier molecular flexibility index (Phi) is 8.92. The van der Waals surface area contributed by atoms with Gasteiger partial charge in [0.15, 0.2) is 0 Å². The first-order valence-electron chi connectivity index (χ1n) is 12.1. The van der Waals surface area contributed by atoms with Gasteiger partial charge in [-0.25, -0.2) is 4.39 Å². The van der Waals surface area contributed by atoms with E-state index in [0.29, 0.717) is 29.0 Å². The number of carboxylic acids is 2. The molecule has 0 atom stereocenters. The first-order valence-corrected chi connectivity index (χ1v) is 12.1. The summed E-state index contributed by atoms with van der Waals surface area (Å²) >= 11 is 0. The van der Waals surface area contributed by atoms with Gasteiger partial charge in [0.25, 0.3) is 0 Å². The topological polar surface area (TPSA) is 93.1 Å². The van der Waals surface area contributed by atoms with Gasteiger partial charge in [0.05, 0.1) is 20.0 Å². The standard InChI is InChI=1S/C30H33FO6/c1-30(2,3)17-22-13-24(8-10-25(22)26-16-23(36-4)9-11-27(26)31)37-18-19-6-5-7-20(12-19)21(14-28(32)33)15-29(34)35/h5-13,16,21H,14-15,17-18H2,1-4H3,(H,32,33)(H,34,35). The highest BCUT2D eigenvalue weighted by atomic mass is 19.1. The van der Waals surface area contributed by atoms with Crippen LogP contribution in [0.4, 0.5) is 4.39 Å². The quantitative estimate of drug-likeness (QED) is 0.299. The predicted octanol–water partition coefficient (Wildman–Crippen LogP) is 6.70. The molecule has 0 saturated carbocycles. The van der Waals surface area contributed by atoms with E-state index < -0.39 is 17.9 Å². The second-order valence-corrected chi connectivity index (χ2v) is 10.3. The molecular formula is C30H33FO6. The van der Waals surface area contributed by atoms with Gasteiger partial charge in [0.1, 0.15) is 23.9 Å². The normalized spacial score (nSPS) is 11.4. The molecule has 3 aromatic carbocycles. The molecule has 0 radical (unpaired) electrons. The second kappa shape index (κ2) is 11.9. The van der Waals surface area contributed by atoms with Crippen molar-refractivity contribution in [1.82, 2.24) is 0 Å². The first kappa shape index (κ1) is 27.7. The number of rotatable bonds is 11. The number of methoxy groups -OCH3 is 1. The molecule has 0 aliphatic heterocycles. The maximum atomic E-state index is 14.8. The van der Waals surface area contributed by atoms with Gasteiger partial charge in [-0.15, -0.1) is 0 Å². The molecule has 2 N–H and O–H groups in total. The lowest BCUT2D eigenvalue weighted by Gasteiger charge is -2.22. The SMILES string of the molecule is COc1ccc(F)c(-c2ccc(OCc3cccc(C(CC(=O)O)CC(=O)O)c3)cc2CC(C)(C)C)c1. The molecule has 0 fully saturated rings. The third-order valence-corrected chi connectivity index (χ3v) is 5.93. The number of carbonyl (C=O) groups is 2. The lowest BCUT2D eigenvalue weighted by Crippen LogP contribution is -2.12. The van der Waals surface area contributed by atoms with Gasteiger partial charge < -0.3 is 19.7 Å². The molecule has 0 aromatic heterocycles. The zero-order valence-corrected chi connectivity index (χ0v) is 21.6. The molecule has 7 heteroatoms. The average Bonchev–Trinajstić information content (AvgIpc) is 2.82. The Hall–Kier alpha value is -3.87. The highest BCUT2D eigenvalue weighted by Crippen LogP contribution is 2.35. The number of hydrogen-bond acceptors (Lipinski definition) is 4. The van der Waals surface area contributed by atoms with Crippen LogP contribution in [-0.4, -0.2) is 29.3 Å². The van der Waals surface area contributed by atoms with Gasteiger partial charge in [0.2, 0.25) is 0 Å². The Morgan fingerprint density at radius 1 is 0.892 bits per heavy atom. The maximum Gasteiger partial charge on any atom is 0.303 e. The molecule has 3 rings (SSSR count). The van der Waals surface area contributed by atoms with Crippen LogP contribution < -0.4 is 9.47 Å². The molecule has 6 nitrogen and oxygen atoms in total. The van der Waals surface area contributed by atoms with Gasteiger partial charge in [-0.2, -0.15) is 0 Å². The lowest BCUT2D eigenvalue weighted by molar-refractivity contribution is -0.139. The van der Waals surface area contributed by atoms with E-state index in [-0.39, 0.29) is 30.7 Å². The highest BCUT2D eigenvalue weighted by Gasteiger charge is 2.20. The molecule has 0 aliphatic rings. The zero-order valence-electron chi connectivity index (χ0n) is 21.6. The number of halogens is 1. The monoisotopic (exact) mass is 508 g/mol. The molecule has 3 aromatic rings. The Bertz CT molecular complexity index is 1250. The van der Waals surface area contributed by atoms with Crippen LogP contribution in [-0.2, 0) is 22.6 Å². The molecule has 0 unspecified atom stereocenters. The van der Waals surface area contributed by atoms with Gasteiger partial charge >= 0.3 is 11.9 Å². The van der Waals surface area contributed by atoms with Crippen molar-refractivity contribution in [3.8, 4) is 22.6 Å². The first-order chi connectivity index (χ1) is 17.4. The fourth-order valence-electron chi connectivity index (χ4n) is 4.31. The van der Waals surface area contributed by atoms with Crippen LogP contribution >= 0.6 is 0 Å². The molecule has 0 heterocycles. The molecular weight excluding hydrogens is 475 g/mol. The summed E-state index contributed by atoms with van der Waals surface area (Å²) in [5.74, 6) is -1.88. The number of carboxylic acid groups (broad SMARTS) is 2. The van der Waals surface area contributed by atoms with E-state index in [4.69, 9.17) is 9.47 Å². The molecule has 196 valence electrons. The van der Waals surface area contributed by atoms with Gasteiger partial charge in [-0.05, 0) is 64.4 Å². The van der Waals surface area contributed by atoms with Crippen molar-refractivity contribution in [1.29, 1.82) is 0 Å². The van der Waals surface area contributed by atoms with Crippen LogP contribution in [0.1, 0.15) is 56.2 Å². The minimum Gasteiger partial charge on any atom is -0.497 e. The van der Waals surface area contributed by atoms with Gasteiger partial charge in [-0.3, -0.25) is 9.59 Å². The number of ether oxygens (including phenoxy) is 2. The van der Waals surface area contributed by atoms with E-state index in [1.807, 2.05) is 18.2 Å². The molecule has 0 saturated heterocycles. The predicted molar refractivity (Wildman–Crippen MR) is 140 cm³/mol. The Morgan fingerprint density at radius 2 is 1.57 bits per heavy atom. The van der Waals surface area contributed by atoms with Crippen molar-refractivity contribution in [3.05, 3.63) is 83.2 Å². The van der Waals surface area contributed by atoms with Gasteiger partial charge in [-0.1, -0.05) is 51.1 Å². The summed E-state index contributed by atoms with van der Waals surface area (Å²) in [6.45, 7) is 6.55. The van der Waals surface area contributed by atoms with E-state index in [9.17, 15) is 24.2 Å². The van der Waals surface area contributed by atoms with E-state index in [2.05, 4.69) is 20.8 Å². The van der Waals surface area contributed by atoms with Crippen LogP contribution in [0.3, 0.4) is 0 Å². The highest BCUT2D eigenvalue weighted by molar-refractivity contribution is 5.72. The van der Waals surface area contributed by atoms with Crippen molar-refractivity contribution in [2.75, 3.05) is 7.11 Å². The third kappa shape index (κ3) is 8.07. The zero-order chi connectivity index (χ0) is 27.2. The van der Waals surface area contributed by atoms with E-state index in [0.717, 1.165) is 16.7 Å². The van der Waals surface area contributed by atoms with Crippen molar-refractivity contribution in [3.63, 3.8) is 0 Å². The molecule has 0 aliphatic carbocycles. The van der Waals surface area contributed by atoms with Crippen molar-refractivity contribution >= 4 is 11.9 Å². The van der Waals surface area contributed by atoms with Crippen LogP contribution in [0.25, 0.3) is 11.1 Å². The summed E-state index contributed by atoms with van der Waals surface area (Å²) in [4.78, 5) is 22.5. The third-order valence-electron chi connectivity index (χ3n) is 5.93. The summed E-state index contributed by atoms with van der Waals surface area (Å²) < 4.78 is 26.1. The summed E-state index contributed by atoms with van der Waals surface area (Å²) in [5, 5.41) is 18.4. The smallest absolute Gasteiger partial charge is 0.303 e. The number of aliphatic carboxylic acids is 2. The summed E-state index contributed by atoms with van der Waals surface area (Å²) in [6, 6.07) is 17.4. The average molecular weight is 509 g/mol. The fraction of sp³-hybridized carbons (Fsp3) is 0.333.